The first kappa shape index (κ1) is 18.0. The van der Waals surface area contributed by atoms with Gasteiger partial charge in [0.25, 0.3) is 0 Å². The van der Waals surface area contributed by atoms with E-state index in [1.807, 2.05) is 0 Å². The fourth-order valence-electron chi connectivity index (χ4n) is 4.10. The maximum Gasteiger partial charge on any atom is 0.0732 e. The molecule has 1 aliphatic heterocycles. The lowest BCUT2D eigenvalue weighted by atomic mass is 9.95. The second-order valence-corrected chi connectivity index (χ2v) is 7.67. The molecule has 2 N–H and O–H groups in total. The van der Waals surface area contributed by atoms with Gasteiger partial charge < -0.3 is 10.6 Å². The SMILES string of the molecule is Cc1ccccc1-c1cc(NCCCC2CCCNC2)c2ccccc2n1. The van der Waals surface area contributed by atoms with Crippen molar-refractivity contribution in [3.05, 3.63) is 60.2 Å². The molecular weight excluding hydrogens is 330 g/mol. The molecule has 2 aromatic carbocycles. The summed E-state index contributed by atoms with van der Waals surface area (Å²) in [6.07, 6.45) is 5.21. The van der Waals surface area contributed by atoms with Crippen LogP contribution in [0.3, 0.4) is 0 Å². The van der Waals surface area contributed by atoms with Gasteiger partial charge in [0.05, 0.1) is 11.2 Å². The molecule has 0 saturated carbocycles. The van der Waals surface area contributed by atoms with Crippen LogP contribution in [-0.2, 0) is 0 Å². The molecule has 0 aliphatic carbocycles. The number of pyridine rings is 1. The Morgan fingerprint density at radius 2 is 1.96 bits per heavy atom. The van der Waals surface area contributed by atoms with Gasteiger partial charge in [-0.15, -0.1) is 0 Å². The van der Waals surface area contributed by atoms with Crippen molar-refractivity contribution in [2.75, 3.05) is 25.0 Å². The van der Waals surface area contributed by atoms with Crippen molar-refractivity contribution in [1.82, 2.24) is 10.3 Å². The maximum absolute atomic E-state index is 4.92. The minimum Gasteiger partial charge on any atom is -0.384 e. The first-order valence-corrected chi connectivity index (χ1v) is 10.2. The summed E-state index contributed by atoms with van der Waals surface area (Å²) in [5.74, 6) is 0.845. The normalized spacial score (nSPS) is 17.1. The Morgan fingerprint density at radius 1 is 1.11 bits per heavy atom. The average Bonchev–Trinajstić information content (AvgIpc) is 2.72. The van der Waals surface area contributed by atoms with Crippen molar-refractivity contribution in [1.29, 1.82) is 0 Å². The zero-order chi connectivity index (χ0) is 18.5. The van der Waals surface area contributed by atoms with Crippen LogP contribution in [0, 0.1) is 12.8 Å². The molecule has 0 radical (unpaired) electrons. The predicted octanol–water partition coefficient (Wildman–Crippen LogP) is 5.40. The molecule has 1 saturated heterocycles. The van der Waals surface area contributed by atoms with E-state index in [0.29, 0.717) is 0 Å². The number of benzene rings is 2. The molecule has 27 heavy (non-hydrogen) atoms. The Kier molecular flexibility index (Phi) is 5.69. The number of nitrogens with zero attached hydrogens (tertiary/aromatic N) is 1. The third kappa shape index (κ3) is 4.30. The smallest absolute Gasteiger partial charge is 0.0732 e. The molecule has 0 spiro atoms. The van der Waals surface area contributed by atoms with Crippen molar-refractivity contribution in [2.24, 2.45) is 5.92 Å². The third-order valence-electron chi connectivity index (χ3n) is 5.64. The molecule has 140 valence electrons. The van der Waals surface area contributed by atoms with Crippen LogP contribution in [0.25, 0.3) is 22.2 Å². The van der Waals surface area contributed by atoms with Crippen LogP contribution in [0.4, 0.5) is 5.69 Å². The topological polar surface area (TPSA) is 37.0 Å². The largest absolute Gasteiger partial charge is 0.384 e. The molecule has 3 aromatic rings. The fraction of sp³-hybridized carbons (Fsp3) is 0.375. The molecule has 3 heteroatoms. The van der Waals surface area contributed by atoms with Gasteiger partial charge in [0.1, 0.15) is 0 Å². The summed E-state index contributed by atoms with van der Waals surface area (Å²) in [6.45, 7) is 5.55. The van der Waals surface area contributed by atoms with E-state index in [4.69, 9.17) is 4.98 Å². The highest BCUT2D eigenvalue weighted by Gasteiger charge is 2.13. The van der Waals surface area contributed by atoms with Crippen molar-refractivity contribution in [3.63, 3.8) is 0 Å². The van der Waals surface area contributed by atoms with Crippen molar-refractivity contribution in [3.8, 4) is 11.3 Å². The number of hydrogen-bond acceptors (Lipinski definition) is 3. The summed E-state index contributed by atoms with van der Waals surface area (Å²) in [5.41, 5.74) is 5.76. The summed E-state index contributed by atoms with van der Waals surface area (Å²) in [7, 11) is 0. The van der Waals surface area contributed by atoms with E-state index in [1.54, 1.807) is 0 Å². The summed E-state index contributed by atoms with van der Waals surface area (Å²) >= 11 is 0. The van der Waals surface area contributed by atoms with Crippen LogP contribution in [0.1, 0.15) is 31.2 Å². The molecular formula is C24H29N3. The Bertz CT molecular complexity index is 897. The minimum atomic E-state index is 0.845. The maximum atomic E-state index is 4.92. The highest BCUT2D eigenvalue weighted by atomic mass is 14.9. The minimum absolute atomic E-state index is 0.845. The summed E-state index contributed by atoms with van der Waals surface area (Å²) in [6, 6.07) is 19.1. The highest BCUT2D eigenvalue weighted by Crippen LogP contribution is 2.30. The van der Waals surface area contributed by atoms with E-state index >= 15 is 0 Å². The van der Waals surface area contributed by atoms with E-state index in [2.05, 4.69) is 72.2 Å². The van der Waals surface area contributed by atoms with Gasteiger partial charge in [-0.2, -0.15) is 0 Å². The highest BCUT2D eigenvalue weighted by molar-refractivity contribution is 5.93. The molecule has 1 unspecified atom stereocenters. The van der Waals surface area contributed by atoms with Crippen LogP contribution in [0.5, 0.6) is 0 Å². The summed E-state index contributed by atoms with van der Waals surface area (Å²) in [4.78, 5) is 4.92. The van der Waals surface area contributed by atoms with Crippen LogP contribution >= 0.6 is 0 Å². The third-order valence-corrected chi connectivity index (χ3v) is 5.64. The first-order chi connectivity index (χ1) is 13.3. The molecule has 1 aromatic heterocycles. The lowest BCUT2D eigenvalue weighted by Gasteiger charge is -2.22. The number of anilines is 1. The van der Waals surface area contributed by atoms with Gasteiger partial charge in [-0.1, -0.05) is 42.5 Å². The Hall–Kier alpha value is -2.39. The van der Waals surface area contributed by atoms with Gasteiger partial charge >= 0.3 is 0 Å². The van der Waals surface area contributed by atoms with Crippen LogP contribution < -0.4 is 10.6 Å². The number of fused-ring (bicyclic) bond motifs is 1. The van der Waals surface area contributed by atoms with E-state index in [0.717, 1.165) is 23.7 Å². The standard InChI is InChI=1S/C24H29N3/c1-18-8-2-3-11-20(18)24-16-23(21-12-4-5-13-22(21)27-24)26-15-7-10-19-9-6-14-25-17-19/h2-5,8,11-13,16,19,25H,6-7,9-10,14-15,17H2,1H3,(H,26,27). The monoisotopic (exact) mass is 359 g/mol. The van der Waals surface area contributed by atoms with E-state index in [9.17, 15) is 0 Å². The molecule has 4 rings (SSSR count). The van der Waals surface area contributed by atoms with Crippen LogP contribution in [0.15, 0.2) is 54.6 Å². The van der Waals surface area contributed by atoms with Gasteiger partial charge in [0.15, 0.2) is 0 Å². The van der Waals surface area contributed by atoms with Crippen LogP contribution in [-0.4, -0.2) is 24.6 Å². The van der Waals surface area contributed by atoms with Crippen molar-refractivity contribution in [2.45, 2.75) is 32.6 Å². The van der Waals surface area contributed by atoms with Gasteiger partial charge in [-0.3, -0.25) is 0 Å². The number of piperidine rings is 1. The van der Waals surface area contributed by atoms with Crippen molar-refractivity contribution < 1.29 is 0 Å². The molecule has 0 bridgehead atoms. The van der Waals surface area contributed by atoms with E-state index in [1.165, 1.54) is 61.0 Å². The van der Waals surface area contributed by atoms with Crippen LogP contribution in [0.2, 0.25) is 0 Å². The number of aromatic nitrogens is 1. The quantitative estimate of drug-likeness (QED) is 0.579. The van der Waals surface area contributed by atoms with Crippen molar-refractivity contribution >= 4 is 16.6 Å². The van der Waals surface area contributed by atoms with Gasteiger partial charge in [0, 0.05) is 23.2 Å². The molecule has 1 aliphatic rings. The molecule has 0 amide bonds. The Labute approximate surface area is 162 Å². The second kappa shape index (κ2) is 8.53. The molecule has 1 atom stereocenters. The van der Waals surface area contributed by atoms with Gasteiger partial charge in [-0.25, -0.2) is 4.98 Å². The molecule has 2 heterocycles. The molecule has 3 nitrogen and oxygen atoms in total. The zero-order valence-corrected chi connectivity index (χ0v) is 16.2. The summed E-state index contributed by atoms with van der Waals surface area (Å²) in [5, 5.41) is 8.42. The zero-order valence-electron chi connectivity index (χ0n) is 16.2. The summed E-state index contributed by atoms with van der Waals surface area (Å²) < 4.78 is 0. The van der Waals surface area contributed by atoms with Gasteiger partial charge in [0.2, 0.25) is 0 Å². The lowest BCUT2D eigenvalue weighted by molar-refractivity contribution is 0.353. The number of nitrogens with one attached hydrogen (secondary N) is 2. The number of hydrogen-bond donors (Lipinski definition) is 2. The van der Waals surface area contributed by atoms with E-state index in [-0.39, 0.29) is 0 Å². The Balaban J connectivity index is 1.53. The van der Waals surface area contributed by atoms with E-state index < -0.39 is 0 Å². The average molecular weight is 360 g/mol. The second-order valence-electron chi connectivity index (χ2n) is 7.67. The predicted molar refractivity (Wildman–Crippen MR) is 115 cm³/mol. The number of rotatable bonds is 6. The fourth-order valence-corrected chi connectivity index (χ4v) is 4.10. The lowest BCUT2D eigenvalue weighted by Crippen LogP contribution is -2.29. The van der Waals surface area contributed by atoms with Gasteiger partial charge in [-0.05, 0) is 69.3 Å². The number of para-hydroxylation sites is 1. The first-order valence-electron chi connectivity index (χ1n) is 10.2. The number of aryl methyl sites for hydroxylation is 1. The Morgan fingerprint density at radius 3 is 2.81 bits per heavy atom. The molecule has 1 fully saturated rings.